The van der Waals surface area contributed by atoms with Crippen LogP contribution < -0.4 is 0 Å². The van der Waals surface area contributed by atoms with Gasteiger partial charge in [0.2, 0.25) is 0 Å². The van der Waals surface area contributed by atoms with Gasteiger partial charge >= 0.3 is 0 Å². The van der Waals surface area contributed by atoms with Crippen LogP contribution in [0.2, 0.25) is 0 Å². The van der Waals surface area contributed by atoms with Crippen molar-refractivity contribution in [2.45, 2.75) is 56.7 Å². The number of hydrogen-bond donors (Lipinski definition) is 1. The van der Waals surface area contributed by atoms with Gasteiger partial charge in [0.25, 0.3) is 0 Å². The maximum absolute atomic E-state index is 9.98. The number of fused-ring (bicyclic) bond motifs is 1. The summed E-state index contributed by atoms with van der Waals surface area (Å²) in [5.41, 5.74) is 0. The standard InChI is InChI=1S/C13H24N2O/c16-13-6-3-5-12(13)15-9-8-14-7-2-1-4-11(14)10-15/h11-13,16H,1-10H2/t11?,12-,13-/m1/s1. The molecule has 16 heavy (non-hydrogen) atoms. The van der Waals surface area contributed by atoms with Crippen molar-refractivity contribution in [3.8, 4) is 0 Å². The highest BCUT2D eigenvalue weighted by atomic mass is 16.3. The van der Waals surface area contributed by atoms with Crippen LogP contribution in [0.3, 0.4) is 0 Å². The highest BCUT2D eigenvalue weighted by Crippen LogP contribution is 2.28. The Hall–Kier alpha value is -0.120. The van der Waals surface area contributed by atoms with Gasteiger partial charge in [0, 0.05) is 31.7 Å². The number of piperidine rings is 1. The summed E-state index contributed by atoms with van der Waals surface area (Å²) in [6, 6.07) is 1.26. The maximum atomic E-state index is 9.98. The Bertz CT molecular complexity index is 246. The lowest BCUT2D eigenvalue weighted by molar-refractivity contribution is -0.00354. The summed E-state index contributed by atoms with van der Waals surface area (Å²) in [7, 11) is 0. The minimum atomic E-state index is -0.0462. The first-order valence-corrected chi connectivity index (χ1v) is 7.01. The summed E-state index contributed by atoms with van der Waals surface area (Å²) >= 11 is 0. The summed E-state index contributed by atoms with van der Waals surface area (Å²) in [6.45, 7) is 4.93. The second-order valence-electron chi connectivity index (χ2n) is 5.75. The molecule has 92 valence electrons. The molecule has 1 N–H and O–H groups in total. The molecule has 3 rings (SSSR count). The largest absolute Gasteiger partial charge is 0.391 e. The van der Waals surface area contributed by atoms with Crippen molar-refractivity contribution >= 4 is 0 Å². The van der Waals surface area contributed by atoms with Gasteiger partial charge in [-0.3, -0.25) is 9.80 Å². The van der Waals surface area contributed by atoms with Crippen LogP contribution >= 0.6 is 0 Å². The molecule has 2 aliphatic heterocycles. The number of aliphatic hydroxyl groups excluding tert-OH is 1. The monoisotopic (exact) mass is 224 g/mol. The third-order valence-electron chi connectivity index (χ3n) is 4.78. The zero-order valence-electron chi connectivity index (χ0n) is 10.1. The highest BCUT2D eigenvalue weighted by Gasteiger charge is 2.36. The van der Waals surface area contributed by atoms with Crippen LogP contribution in [-0.4, -0.2) is 59.3 Å². The minimum Gasteiger partial charge on any atom is -0.391 e. The van der Waals surface area contributed by atoms with Crippen molar-refractivity contribution in [3.63, 3.8) is 0 Å². The predicted octanol–water partition coefficient (Wildman–Crippen LogP) is 1.07. The molecule has 3 nitrogen and oxygen atoms in total. The normalized spacial score (nSPS) is 42.2. The van der Waals surface area contributed by atoms with Crippen LogP contribution in [0.15, 0.2) is 0 Å². The molecule has 0 spiro atoms. The van der Waals surface area contributed by atoms with E-state index in [-0.39, 0.29) is 6.10 Å². The Labute approximate surface area is 98.4 Å². The number of piperazine rings is 1. The molecule has 0 aromatic rings. The average molecular weight is 224 g/mol. The molecule has 0 bridgehead atoms. The molecular formula is C13H24N2O. The van der Waals surface area contributed by atoms with Crippen LogP contribution in [0.25, 0.3) is 0 Å². The van der Waals surface area contributed by atoms with Gasteiger partial charge < -0.3 is 5.11 Å². The van der Waals surface area contributed by atoms with E-state index in [2.05, 4.69) is 9.80 Å². The van der Waals surface area contributed by atoms with Crippen LogP contribution in [0.1, 0.15) is 38.5 Å². The van der Waals surface area contributed by atoms with Gasteiger partial charge in [-0.25, -0.2) is 0 Å². The minimum absolute atomic E-state index is 0.0462. The van der Waals surface area contributed by atoms with Gasteiger partial charge in [-0.1, -0.05) is 6.42 Å². The fourth-order valence-electron chi connectivity index (χ4n) is 3.83. The molecule has 2 saturated heterocycles. The topological polar surface area (TPSA) is 26.7 Å². The van der Waals surface area contributed by atoms with Crippen LogP contribution in [0.4, 0.5) is 0 Å². The molecule has 0 aromatic carbocycles. The van der Waals surface area contributed by atoms with E-state index in [1.165, 1.54) is 58.3 Å². The molecule has 2 heterocycles. The number of rotatable bonds is 1. The van der Waals surface area contributed by atoms with E-state index in [0.29, 0.717) is 6.04 Å². The number of aliphatic hydroxyl groups is 1. The average Bonchev–Trinajstić information content (AvgIpc) is 2.75. The summed E-state index contributed by atoms with van der Waals surface area (Å²) in [4.78, 5) is 5.24. The summed E-state index contributed by atoms with van der Waals surface area (Å²) in [6.07, 6.45) is 7.58. The van der Waals surface area contributed by atoms with Crippen LogP contribution in [-0.2, 0) is 0 Å². The van der Waals surface area contributed by atoms with E-state index in [0.717, 1.165) is 12.5 Å². The molecule has 0 aromatic heterocycles. The van der Waals surface area contributed by atoms with E-state index in [4.69, 9.17) is 0 Å². The predicted molar refractivity (Wildman–Crippen MR) is 64.4 cm³/mol. The molecule has 3 aliphatic rings. The van der Waals surface area contributed by atoms with Gasteiger partial charge in [-0.15, -0.1) is 0 Å². The summed E-state index contributed by atoms with van der Waals surface area (Å²) in [5, 5.41) is 9.98. The summed E-state index contributed by atoms with van der Waals surface area (Å²) in [5.74, 6) is 0. The number of hydrogen-bond acceptors (Lipinski definition) is 3. The summed E-state index contributed by atoms with van der Waals surface area (Å²) < 4.78 is 0. The smallest absolute Gasteiger partial charge is 0.0695 e. The molecule has 0 amide bonds. The Balaban J connectivity index is 1.61. The lowest BCUT2D eigenvalue weighted by atomic mass is 9.98. The van der Waals surface area contributed by atoms with Crippen molar-refractivity contribution in [1.82, 2.24) is 9.80 Å². The number of nitrogens with zero attached hydrogens (tertiary/aromatic N) is 2. The van der Waals surface area contributed by atoms with Gasteiger partial charge in [0.05, 0.1) is 6.10 Å². The van der Waals surface area contributed by atoms with Crippen molar-refractivity contribution in [2.75, 3.05) is 26.2 Å². The molecule has 1 aliphatic carbocycles. The van der Waals surface area contributed by atoms with Crippen LogP contribution in [0.5, 0.6) is 0 Å². The molecule has 3 heteroatoms. The lowest BCUT2D eigenvalue weighted by Crippen LogP contribution is -2.58. The second kappa shape index (κ2) is 4.63. The van der Waals surface area contributed by atoms with Crippen molar-refractivity contribution in [1.29, 1.82) is 0 Å². The SMILES string of the molecule is O[C@@H]1CCC[C@H]1N1CCN2CCCCC2C1. The van der Waals surface area contributed by atoms with E-state index >= 15 is 0 Å². The van der Waals surface area contributed by atoms with Crippen molar-refractivity contribution < 1.29 is 5.11 Å². The zero-order chi connectivity index (χ0) is 11.0. The first kappa shape index (κ1) is 11.0. The van der Waals surface area contributed by atoms with Crippen molar-refractivity contribution in [2.24, 2.45) is 0 Å². The fourth-order valence-corrected chi connectivity index (χ4v) is 3.83. The van der Waals surface area contributed by atoms with Gasteiger partial charge in [-0.05, 0) is 38.6 Å². The van der Waals surface area contributed by atoms with Crippen molar-refractivity contribution in [3.05, 3.63) is 0 Å². The molecule has 1 unspecified atom stereocenters. The highest BCUT2D eigenvalue weighted by molar-refractivity contribution is 4.92. The Morgan fingerprint density at radius 3 is 2.50 bits per heavy atom. The quantitative estimate of drug-likeness (QED) is 0.722. The molecular weight excluding hydrogens is 200 g/mol. The first-order chi connectivity index (χ1) is 7.84. The third-order valence-corrected chi connectivity index (χ3v) is 4.78. The second-order valence-corrected chi connectivity index (χ2v) is 5.75. The zero-order valence-corrected chi connectivity index (χ0v) is 10.1. The van der Waals surface area contributed by atoms with E-state index in [1.54, 1.807) is 0 Å². The Morgan fingerprint density at radius 1 is 0.812 bits per heavy atom. The van der Waals surface area contributed by atoms with Gasteiger partial charge in [-0.2, -0.15) is 0 Å². The Kier molecular flexibility index (Phi) is 3.18. The van der Waals surface area contributed by atoms with E-state index in [1.807, 2.05) is 0 Å². The fraction of sp³-hybridized carbons (Fsp3) is 1.00. The molecule has 3 atom stereocenters. The van der Waals surface area contributed by atoms with Gasteiger partial charge in [0.1, 0.15) is 0 Å². The van der Waals surface area contributed by atoms with Crippen LogP contribution in [0, 0.1) is 0 Å². The Morgan fingerprint density at radius 2 is 1.69 bits per heavy atom. The van der Waals surface area contributed by atoms with E-state index < -0.39 is 0 Å². The maximum Gasteiger partial charge on any atom is 0.0695 e. The molecule has 0 radical (unpaired) electrons. The lowest BCUT2D eigenvalue weighted by Gasteiger charge is -2.46. The molecule has 3 fully saturated rings. The first-order valence-electron chi connectivity index (χ1n) is 7.01. The van der Waals surface area contributed by atoms with E-state index in [9.17, 15) is 5.11 Å². The molecule has 1 saturated carbocycles. The third kappa shape index (κ3) is 2.01. The van der Waals surface area contributed by atoms with Gasteiger partial charge in [0.15, 0.2) is 0 Å².